The van der Waals surface area contributed by atoms with Crippen LogP contribution in [0, 0.1) is 11.7 Å². The maximum absolute atomic E-state index is 14.8. The first-order chi connectivity index (χ1) is 16.8. The second kappa shape index (κ2) is 10.2. The first-order valence-corrected chi connectivity index (χ1v) is 11.9. The number of thioether (sulfide) groups is 1. The zero-order chi connectivity index (χ0) is 25.1. The van der Waals surface area contributed by atoms with Gasteiger partial charge in [-0.1, -0.05) is 37.7 Å². The summed E-state index contributed by atoms with van der Waals surface area (Å²) in [7, 11) is 1.50. The molecule has 0 aliphatic rings. The number of rotatable bonds is 8. The third-order valence-electron chi connectivity index (χ3n) is 5.42. The Morgan fingerprint density at radius 3 is 2.71 bits per heavy atom. The van der Waals surface area contributed by atoms with E-state index in [1.807, 2.05) is 13.8 Å². The van der Waals surface area contributed by atoms with E-state index in [0.717, 1.165) is 0 Å². The predicted molar refractivity (Wildman–Crippen MR) is 131 cm³/mol. The minimum Gasteiger partial charge on any atom is -0.451 e. The molecule has 1 atom stereocenters. The summed E-state index contributed by atoms with van der Waals surface area (Å²) in [6, 6.07) is 8.61. The number of hydrogen-bond acceptors (Lipinski definition) is 6. The number of halogens is 1. The lowest BCUT2D eigenvalue weighted by molar-refractivity contribution is -0.123. The third kappa shape index (κ3) is 5.29. The fourth-order valence-corrected chi connectivity index (χ4v) is 4.33. The van der Waals surface area contributed by atoms with Gasteiger partial charge in [0.1, 0.15) is 23.3 Å². The van der Waals surface area contributed by atoms with E-state index >= 15 is 0 Å². The van der Waals surface area contributed by atoms with Crippen molar-refractivity contribution in [2.75, 3.05) is 7.05 Å². The Balaban J connectivity index is 1.45. The fourth-order valence-electron chi connectivity index (χ4n) is 3.48. The molecule has 35 heavy (non-hydrogen) atoms. The van der Waals surface area contributed by atoms with Crippen molar-refractivity contribution in [1.29, 1.82) is 0 Å². The van der Waals surface area contributed by atoms with Gasteiger partial charge >= 0.3 is 0 Å². The minimum absolute atomic E-state index is 0.0179. The van der Waals surface area contributed by atoms with Gasteiger partial charge in [-0.2, -0.15) is 0 Å². The zero-order valence-electron chi connectivity index (χ0n) is 19.3. The molecule has 0 aliphatic carbocycles. The van der Waals surface area contributed by atoms with Crippen LogP contribution in [0.2, 0.25) is 0 Å². The summed E-state index contributed by atoms with van der Waals surface area (Å²) in [5.41, 5.74) is 1.09. The van der Waals surface area contributed by atoms with Crippen molar-refractivity contribution >= 4 is 34.6 Å². The average molecular weight is 498 g/mol. The summed E-state index contributed by atoms with van der Waals surface area (Å²) < 4.78 is 20.4. The molecule has 0 saturated heterocycles. The highest BCUT2D eigenvalue weighted by atomic mass is 32.2. The number of hydrogen-bond donors (Lipinski definition) is 4. The monoisotopic (exact) mass is 497 g/mol. The van der Waals surface area contributed by atoms with Crippen LogP contribution in [0.15, 0.2) is 57.0 Å². The van der Waals surface area contributed by atoms with Gasteiger partial charge in [-0.3, -0.25) is 14.4 Å². The molecule has 4 rings (SSSR count). The molecule has 4 aromatic rings. The topological polar surface area (TPSA) is 133 Å². The number of aromatic nitrogens is 3. The SMILES string of the molecule is CNC(=O)[C@@H](NC(=O)c1ccc(-c2ccc(CSc3nc4[nH]ccc4c(=O)[nH]3)c(F)c2)o1)C(C)C. The normalized spacial score (nSPS) is 12.1. The van der Waals surface area contributed by atoms with Crippen LogP contribution in [0.4, 0.5) is 4.39 Å². The number of nitrogens with zero attached hydrogens (tertiary/aromatic N) is 1. The smallest absolute Gasteiger partial charge is 0.287 e. The first-order valence-electron chi connectivity index (χ1n) is 10.9. The number of fused-ring (bicyclic) bond motifs is 1. The molecule has 3 aromatic heterocycles. The fraction of sp³-hybridized carbons (Fsp3) is 0.250. The Morgan fingerprint density at radius 2 is 2.00 bits per heavy atom. The van der Waals surface area contributed by atoms with Gasteiger partial charge in [-0.25, -0.2) is 9.37 Å². The molecule has 4 N–H and O–H groups in total. The van der Waals surface area contributed by atoms with E-state index < -0.39 is 17.8 Å². The van der Waals surface area contributed by atoms with Gasteiger partial charge in [0.15, 0.2) is 10.9 Å². The van der Waals surface area contributed by atoms with E-state index in [9.17, 15) is 18.8 Å². The van der Waals surface area contributed by atoms with Gasteiger partial charge in [0.25, 0.3) is 11.5 Å². The molecular formula is C24H24FN5O4S. The Bertz CT molecular complexity index is 1440. The molecule has 0 bridgehead atoms. The zero-order valence-corrected chi connectivity index (χ0v) is 20.1. The standard InChI is InChI=1S/C24H24FN5O4S/c1-12(2)19(23(33)26-3)28-22(32)18-7-6-17(34-18)13-4-5-14(16(25)10-13)11-35-24-29-20-15(8-9-27-20)21(31)30-24/h4-10,12,19H,11H2,1-3H3,(H,26,33)(H,28,32)(H2,27,29,30,31)/t19-/m0/s1. The molecule has 0 radical (unpaired) electrons. The number of aromatic amines is 2. The molecule has 11 heteroatoms. The van der Waals surface area contributed by atoms with Crippen LogP contribution in [0.1, 0.15) is 30.0 Å². The number of nitrogens with one attached hydrogen (secondary N) is 4. The Hall–Kier alpha value is -3.86. The van der Waals surface area contributed by atoms with Crippen LogP contribution in [-0.4, -0.2) is 39.9 Å². The number of furan rings is 1. The maximum Gasteiger partial charge on any atom is 0.287 e. The van der Waals surface area contributed by atoms with Crippen molar-refractivity contribution < 1.29 is 18.4 Å². The largest absolute Gasteiger partial charge is 0.451 e. The van der Waals surface area contributed by atoms with Gasteiger partial charge < -0.3 is 25.0 Å². The van der Waals surface area contributed by atoms with E-state index in [1.165, 1.54) is 30.9 Å². The molecule has 0 saturated carbocycles. The van der Waals surface area contributed by atoms with Gasteiger partial charge in [0.2, 0.25) is 5.91 Å². The van der Waals surface area contributed by atoms with Crippen molar-refractivity contribution in [3.05, 3.63) is 70.1 Å². The Labute approximate surface area is 203 Å². The van der Waals surface area contributed by atoms with E-state index in [1.54, 1.807) is 30.5 Å². The quantitative estimate of drug-likeness (QED) is 0.218. The Morgan fingerprint density at radius 1 is 1.20 bits per heavy atom. The second-order valence-electron chi connectivity index (χ2n) is 8.18. The van der Waals surface area contributed by atoms with E-state index in [4.69, 9.17) is 4.42 Å². The summed E-state index contributed by atoms with van der Waals surface area (Å²) in [5, 5.41) is 6.03. The van der Waals surface area contributed by atoms with Gasteiger partial charge in [-0.05, 0) is 35.7 Å². The second-order valence-corrected chi connectivity index (χ2v) is 9.14. The lowest BCUT2D eigenvalue weighted by Crippen LogP contribution is -2.48. The first kappa shape index (κ1) is 24.3. The van der Waals surface area contributed by atoms with Crippen LogP contribution in [0.25, 0.3) is 22.4 Å². The third-order valence-corrected chi connectivity index (χ3v) is 6.34. The van der Waals surface area contributed by atoms with Gasteiger partial charge in [-0.15, -0.1) is 0 Å². The molecular weight excluding hydrogens is 473 g/mol. The van der Waals surface area contributed by atoms with E-state index in [0.29, 0.717) is 33.1 Å². The van der Waals surface area contributed by atoms with Crippen LogP contribution >= 0.6 is 11.8 Å². The molecule has 0 spiro atoms. The van der Waals surface area contributed by atoms with Crippen LogP contribution < -0.4 is 16.2 Å². The highest BCUT2D eigenvalue weighted by Crippen LogP contribution is 2.27. The molecule has 182 valence electrons. The van der Waals surface area contributed by atoms with Crippen molar-refractivity contribution in [3.8, 4) is 11.3 Å². The van der Waals surface area contributed by atoms with Crippen molar-refractivity contribution in [2.45, 2.75) is 30.8 Å². The highest BCUT2D eigenvalue weighted by molar-refractivity contribution is 7.98. The van der Waals surface area contributed by atoms with Gasteiger partial charge in [0.05, 0.1) is 5.39 Å². The lowest BCUT2D eigenvalue weighted by Gasteiger charge is -2.19. The summed E-state index contributed by atoms with van der Waals surface area (Å²) in [4.78, 5) is 46.5. The Kier molecular flexibility index (Phi) is 7.06. The van der Waals surface area contributed by atoms with Crippen LogP contribution in [0.5, 0.6) is 0 Å². The predicted octanol–water partition coefficient (Wildman–Crippen LogP) is 3.44. The summed E-state index contributed by atoms with van der Waals surface area (Å²) in [5.74, 6) is -0.827. The number of benzene rings is 1. The number of likely N-dealkylation sites (N-methyl/N-ethyl adjacent to an activating group) is 1. The van der Waals surface area contributed by atoms with E-state index in [-0.39, 0.29) is 28.9 Å². The summed E-state index contributed by atoms with van der Waals surface area (Å²) >= 11 is 1.21. The summed E-state index contributed by atoms with van der Waals surface area (Å²) in [6.07, 6.45) is 1.63. The minimum atomic E-state index is -0.711. The van der Waals surface area contributed by atoms with Crippen molar-refractivity contribution in [2.24, 2.45) is 5.92 Å². The average Bonchev–Trinajstić information content (AvgIpc) is 3.51. The van der Waals surface area contributed by atoms with Crippen molar-refractivity contribution in [1.82, 2.24) is 25.6 Å². The molecule has 0 fully saturated rings. The molecule has 0 unspecified atom stereocenters. The number of amides is 2. The number of carbonyl (C=O) groups excluding carboxylic acids is 2. The molecule has 0 aliphatic heterocycles. The molecule has 1 aromatic carbocycles. The van der Waals surface area contributed by atoms with Crippen LogP contribution in [0.3, 0.4) is 0 Å². The number of carbonyl (C=O) groups is 2. The molecule has 2 amide bonds. The van der Waals surface area contributed by atoms with Crippen molar-refractivity contribution in [3.63, 3.8) is 0 Å². The molecule has 9 nitrogen and oxygen atoms in total. The summed E-state index contributed by atoms with van der Waals surface area (Å²) in [6.45, 7) is 3.64. The van der Waals surface area contributed by atoms with E-state index in [2.05, 4.69) is 25.6 Å². The maximum atomic E-state index is 14.8. The lowest BCUT2D eigenvalue weighted by atomic mass is 10.0. The molecule has 3 heterocycles. The number of H-pyrrole nitrogens is 2. The van der Waals surface area contributed by atoms with Crippen LogP contribution in [-0.2, 0) is 10.5 Å². The highest BCUT2D eigenvalue weighted by Gasteiger charge is 2.25. The van der Waals surface area contributed by atoms with Gasteiger partial charge in [0, 0.05) is 24.6 Å².